The Morgan fingerprint density at radius 1 is 1.13 bits per heavy atom. The Morgan fingerprint density at radius 3 is 2.47 bits per heavy atom. The first kappa shape index (κ1) is 11.2. The Morgan fingerprint density at radius 2 is 1.93 bits per heavy atom. The van der Waals surface area contributed by atoms with Gasteiger partial charge in [0.2, 0.25) is 0 Å². The molecule has 0 heteroatoms. The fourth-order valence-electron chi connectivity index (χ4n) is 3.44. The number of fused-ring (bicyclic) bond motifs is 2. The number of allylic oxidation sites excluding steroid dienone is 2. The number of hydrogen-bond donors (Lipinski definition) is 0. The Hall–Kier alpha value is -0.260. The largest absolute Gasteiger partial charge is 0.0851 e. The van der Waals surface area contributed by atoms with Gasteiger partial charge in [-0.3, -0.25) is 0 Å². The third-order valence-corrected chi connectivity index (χ3v) is 4.87. The van der Waals surface area contributed by atoms with Crippen molar-refractivity contribution in [2.45, 2.75) is 52.9 Å². The summed E-state index contributed by atoms with van der Waals surface area (Å²) in [5, 5.41) is 0. The van der Waals surface area contributed by atoms with Crippen LogP contribution in [0.15, 0.2) is 12.2 Å². The van der Waals surface area contributed by atoms with Crippen LogP contribution in [0.2, 0.25) is 0 Å². The maximum absolute atomic E-state index is 2.50. The molecule has 0 heterocycles. The topological polar surface area (TPSA) is 0 Å². The predicted molar refractivity (Wildman–Crippen MR) is 66.7 cm³/mol. The first-order valence-electron chi connectivity index (χ1n) is 6.89. The monoisotopic (exact) mass is 206 g/mol. The van der Waals surface area contributed by atoms with E-state index in [1.165, 1.54) is 32.1 Å². The molecule has 86 valence electrons. The molecule has 2 bridgehead atoms. The van der Waals surface area contributed by atoms with E-state index in [0.717, 1.165) is 29.6 Å². The summed E-state index contributed by atoms with van der Waals surface area (Å²) >= 11 is 0. The van der Waals surface area contributed by atoms with E-state index >= 15 is 0 Å². The average Bonchev–Trinajstić information content (AvgIpc) is 2.86. The third-order valence-electron chi connectivity index (χ3n) is 4.87. The molecular formula is C15H26. The van der Waals surface area contributed by atoms with Crippen LogP contribution in [0.25, 0.3) is 0 Å². The third kappa shape index (κ3) is 2.46. The molecule has 2 rings (SSSR count). The molecule has 0 nitrogen and oxygen atoms in total. The fraction of sp³-hybridized carbons (Fsp3) is 0.867. The van der Waals surface area contributed by atoms with E-state index in [2.05, 4.69) is 32.9 Å². The minimum atomic E-state index is 0.932. The normalized spacial score (nSPS) is 37.1. The van der Waals surface area contributed by atoms with Crippen LogP contribution in [0.1, 0.15) is 52.9 Å². The van der Waals surface area contributed by atoms with Gasteiger partial charge < -0.3 is 0 Å². The zero-order valence-electron chi connectivity index (χ0n) is 10.6. The van der Waals surface area contributed by atoms with Gasteiger partial charge in [-0.15, -0.1) is 0 Å². The van der Waals surface area contributed by atoms with Gasteiger partial charge in [0.25, 0.3) is 0 Å². The standard InChI is InChI=1S/C15H26/c1-4-11(2)5-6-12(3)15-10-13-7-8-14(15)9-13/h7-8,11-15H,4-6,9-10H2,1-3H3. The average molecular weight is 206 g/mol. The second-order valence-electron chi connectivity index (χ2n) is 6.01. The van der Waals surface area contributed by atoms with E-state index in [1.54, 1.807) is 0 Å². The quantitative estimate of drug-likeness (QED) is 0.574. The number of rotatable bonds is 5. The first-order valence-corrected chi connectivity index (χ1v) is 6.89. The predicted octanol–water partition coefficient (Wildman–Crippen LogP) is 4.66. The SMILES string of the molecule is CCC(C)CCC(C)C1CC2C=CC1C2. The Bertz CT molecular complexity index is 228. The van der Waals surface area contributed by atoms with Gasteiger partial charge in [0, 0.05) is 0 Å². The highest BCUT2D eigenvalue weighted by atomic mass is 14.4. The molecule has 1 saturated carbocycles. The van der Waals surface area contributed by atoms with E-state index in [4.69, 9.17) is 0 Å². The summed E-state index contributed by atoms with van der Waals surface area (Å²) in [6.07, 6.45) is 12.2. The van der Waals surface area contributed by atoms with E-state index in [-0.39, 0.29) is 0 Å². The molecule has 0 N–H and O–H groups in total. The molecule has 1 fully saturated rings. The van der Waals surface area contributed by atoms with Crippen LogP contribution < -0.4 is 0 Å². The summed E-state index contributed by atoms with van der Waals surface area (Å²) in [7, 11) is 0. The van der Waals surface area contributed by atoms with Gasteiger partial charge in [-0.2, -0.15) is 0 Å². The van der Waals surface area contributed by atoms with Gasteiger partial charge in [-0.25, -0.2) is 0 Å². The van der Waals surface area contributed by atoms with Crippen LogP contribution in [-0.4, -0.2) is 0 Å². The van der Waals surface area contributed by atoms with Crippen LogP contribution >= 0.6 is 0 Å². The van der Waals surface area contributed by atoms with Crippen molar-refractivity contribution >= 4 is 0 Å². The highest BCUT2D eigenvalue weighted by molar-refractivity contribution is 5.10. The summed E-state index contributed by atoms with van der Waals surface area (Å²) in [5.41, 5.74) is 0. The van der Waals surface area contributed by atoms with Gasteiger partial charge >= 0.3 is 0 Å². The van der Waals surface area contributed by atoms with Crippen molar-refractivity contribution in [2.75, 3.05) is 0 Å². The Balaban J connectivity index is 1.77. The fourth-order valence-corrected chi connectivity index (χ4v) is 3.44. The summed E-state index contributed by atoms with van der Waals surface area (Å²) in [4.78, 5) is 0. The Labute approximate surface area is 95.1 Å². The van der Waals surface area contributed by atoms with Crippen molar-refractivity contribution in [3.8, 4) is 0 Å². The van der Waals surface area contributed by atoms with Crippen LogP contribution in [0, 0.1) is 29.6 Å². The molecule has 0 radical (unpaired) electrons. The summed E-state index contributed by atoms with van der Waals surface area (Å²) < 4.78 is 0. The molecular weight excluding hydrogens is 180 g/mol. The van der Waals surface area contributed by atoms with Crippen molar-refractivity contribution in [3.63, 3.8) is 0 Å². The van der Waals surface area contributed by atoms with E-state index in [9.17, 15) is 0 Å². The molecule has 0 saturated heterocycles. The lowest BCUT2D eigenvalue weighted by Gasteiger charge is -2.26. The minimum absolute atomic E-state index is 0.932. The highest BCUT2D eigenvalue weighted by Crippen LogP contribution is 2.47. The maximum Gasteiger partial charge on any atom is -0.0197 e. The first-order chi connectivity index (χ1) is 7.20. The lowest BCUT2D eigenvalue weighted by atomic mass is 9.79. The molecule has 0 aliphatic heterocycles. The second-order valence-corrected chi connectivity index (χ2v) is 6.01. The zero-order valence-corrected chi connectivity index (χ0v) is 10.6. The number of hydrogen-bond acceptors (Lipinski definition) is 0. The van der Waals surface area contributed by atoms with Crippen LogP contribution in [0.4, 0.5) is 0 Å². The van der Waals surface area contributed by atoms with Crippen LogP contribution in [0.3, 0.4) is 0 Å². The maximum atomic E-state index is 2.50. The van der Waals surface area contributed by atoms with Gasteiger partial charge in [-0.05, 0) is 42.4 Å². The molecule has 15 heavy (non-hydrogen) atoms. The van der Waals surface area contributed by atoms with Crippen molar-refractivity contribution in [1.29, 1.82) is 0 Å². The van der Waals surface area contributed by atoms with E-state index in [1.807, 2.05) is 0 Å². The molecule has 0 aromatic carbocycles. The summed E-state index contributed by atoms with van der Waals surface area (Å²) in [5.74, 6) is 4.80. The summed E-state index contributed by atoms with van der Waals surface area (Å²) in [6.45, 7) is 7.20. The van der Waals surface area contributed by atoms with Crippen molar-refractivity contribution in [1.82, 2.24) is 0 Å². The van der Waals surface area contributed by atoms with E-state index in [0.29, 0.717) is 0 Å². The molecule has 5 unspecified atom stereocenters. The molecule has 0 aromatic heterocycles. The highest BCUT2D eigenvalue weighted by Gasteiger charge is 2.37. The molecule has 0 aromatic rings. The smallest absolute Gasteiger partial charge is 0.0197 e. The second kappa shape index (κ2) is 4.72. The molecule has 2 aliphatic rings. The molecule has 2 aliphatic carbocycles. The van der Waals surface area contributed by atoms with Gasteiger partial charge in [0.15, 0.2) is 0 Å². The lowest BCUT2D eigenvalue weighted by Crippen LogP contribution is -2.17. The summed E-state index contributed by atoms with van der Waals surface area (Å²) in [6, 6.07) is 0. The van der Waals surface area contributed by atoms with Crippen LogP contribution in [-0.2, 0) is 0 Å². The van der Waals surface area contributed by atoms with Gasteiger partial charge in [-0.1, -0.05) is 52.2 Å². The zero-order chi connectivity index (χ0) is 10.8. The lowest BCUT2D eigenvalue weighted by molar-refractivity contribution is 0.273. The molecule has 5 atom stereocenters. The van der Waals surface area contributed by atoms with Gasteiger partial charge in [0.05, 0.1) is 0 Å². The van der Waals surface area contributed by atoms with Gasteiger partial charge in [0.1, 0.15) is 0 Å². The molecule has 0 spiro atoms. The van der Waals surface area contributed by atoms with Crippen molar-refractivity contribution in [3.05, 3.63) is 12.2 Å². The van der Waals surface area contributed by atoms with Crippen molar-refractivity contribution < 1.29 is 0 Å². The minimum Gasteiger partial charge on any atom is -0.0851 e. The van der Waals surface area contributed by atoms with E-state index < -0.39 is 0 Å². The van der Waals surface area contributed by atoms with Crippen LogP contribution in [0.5, 0.6) is 0 Å². The molecule has 0 amide bonds. The Kier molecular flexibility index (Phi) is 3.53. The van der Waals surface area contributed by atoms with Crippen molar-refractivity contribution in [2.24, 2.45) is 29.6 Å².